The van der Waals surface area contributed by atoms with Crippen molar-refractivity contribution in [2.45, 2.75) is 6.42 Å². The SMILES string of the molecule is Cn1cnc(CCNC(=O)c2cc(C(=O)O)on2)n1. The first kappa shape index (κ1) is 12.7. The molecular formula is C10H11N5O4. The summed E-state index contributed by atoms with van der Waals surface area (Å²) in [5.41, 5.74) is -0.0774. The Balaban J connectivity index is 1.85. The van der Waals surface area contributed by atoms with E-state index >= 15 is 0 Å². The Hall–Kier alpha value is -2.71. The molecule has 2 heterocycles. The topological polar surface area (TPSA) is 123 Å². The zero-order valence-electron chi connectivity index (χ0n) is 10.0. The third-order valence-electron chi connectivity index (χ3n) is 2.23. The molecule has 0 unspecified atom stereocenters. The van der Waals surface area contributed by atoms with Gasteiger partial charge in [0.2, 0.25) is 5.76 Å². The molecule has 9 heteroatoms. The van der Waals surface area contributed by atoms with Crippen molar-refractivity contribution in [2.24, 2.45) is 7.05 Å². The van der Waals surface area contributed by atoms with Crippen LogP contribution in [-0.4, -0.2) is 43.4 Å². The molecule has 0 aliphatic carbocycles. The molecule has 0 aliphatic rings. The van der Waals surface area contributed by atoms with E-state index in [4.69, 9.17) is 5.11 Å². The van der Waals surface area contributed by atoms with Crippen molar-refractivity contribution in [3.63, 3.8) is 0 Å². The highest BCUT2D eigenvalue weighted by atomic mass is 16.5. The molecule has 2 N–H and O–H groups in total. The van der Waals surface area contributed by atoms with E-state index in [0.717, 1.165) is 6.07 Å². The lowest BCUT2D eigenvalue weighted by molar-refractivity contribution is 0.0651. The van der Waals surface area contributed by atoms with Crippen molar-refractivity contribution in [3.8, 4) is 0 Å². The third kappa shape index (κ3) is 3.15. The van der Waals surface area contributed by atoms with Crippen LogP contribution in [0.3, 0.4) is 0 Å². The lowest BCUT2D eigenvalue weighted by Crippen LogP contribution is -2.26. The van der Waals surface area contributed by atoms with Gasteiger partial charge in [0.05, 0.1) is 0 Å². The lowest BCUT2D eigenvalue weighted by Gasteiger charge is -1.99. The number of nitrogens with zero attached hydrogens (tertiary/aromatic N) is 4. The number of aromatic carboxylic acids is 1. The highest BCUT2D eigenvalue weighted by molar-refractivity contribution is 5.94. The Kier molecular flexibility index (Phi) is 3.55. The minimum absolute atomic E-state index is 0.0774. The van der Waals surface area contributed by atoms with E-state index < -0.39 is 11.9 Å². The zero-order valence-corrected chi connectivity index (χ0v) is 10.0. The average molecular weight is 265 g/mol. The van der Waals surface area contributed by atoms with Crippen molar-refractivity contribution in [2.75, 3.05) is 6.54 Å². The van der Waals surface area contributed by atoms with E-state index in [1.807, 2.05) is 0 Å². The third-order valence-corrected chi connectivity index (χ3v) is 2.23. The Morgan fingerprint density at radius 1 is 1.53 bits per heavy atom. The largest absolute Gasteiger partial charge is 0.475 e. The Labute approximate surface area is 107 Å². The number of carboxylic acid groups (broad SMARTS) is 1. The van der Waals surface area contributed by atoms with Crippen molar-refractivity contribution in [3.05, 3.63) is 29.7 Å². The van der Waals surface area contributed by atoms with Crippen LogP contribution >= 0.6 is 0 Å². The Bertz CT molecular complexity index is 603. The van der Waals surface area contributed by atoms with Gasteiger partial charge >= 0.3 is 5.97 Å². The maximum Gasteiger partial charge on any atom is 0.374 e. The molecule has 1 amide bonds. The number of nitrogens with one attached hydrogen (secondary N) is 1. The minimum Gasteiger partial charge on any atom is -0.475 e. The van der Waals surface area contributed by atoms with Crippen molar-refractivity contribution in [1.82, 2.24) is 25.2 Å². The molecule has 0 aromatic carbocycles. The number of hydrogen-bond acceptors (Lipinski definition) is 6. The van der Waals surface area contributed by atoms with Gasteiger partial charge in [0.25, 0.3) is 5.91 Å². The second-order valence-corrected chi connectivity index (χ2v) is 3.72. The van der Waals surface area contributed by atoms with Gasteiger partial charge in [0.1, 0.15) is 6.33 Å². The van der Waals surface area contributed by atoms with Gasteiger partial charge in [-0.25, -0.2) is 9.78 Å². The fraction of sp³-hybridized carbons (Fsp3) is 0.300. The van der Waals surface area contributed by atoms with Gasteiger partial charge in [-0.05, 0) is 0 Å². The van der Waals surface area contributed by atoms with Gasteiger partial charge in [0.15, 0.2) is 11.5 Å². The van der Waals surface area contributed by atoms with Gasteiger partial charge in [-0.15, -0.1) is 0 Å². The summed E-state index contributed by atoms with van der Waals surface area (Å²) in [6, 6.07) is 1.07. The molecule has 100 valence electrons. The smallest absolute Gasteiger partial charge is 0.374 e. The number of hydrogen-bond donors (Lipinski definition) is 2. The standard InChI is InChI=1S/C10H11N5O4/c1-15-5-12-8(13-15)2-3-11-9(16)6-4-7(10(17)18)19-14-6/h4-5H,2-3H2,1H3,(H,11,16)(H,17,18). The first-order valence-corrected chi connectivity index (χ1v) is 5.39. The second kappa shape index (κ2) is 5.29. The van der Waals surface area contributed by atoms with Gasteiger partial charge in [-0.2, -0.15) is 5.10 Å². The molecular weight excluding hydrogens is 254 g/mol. The molecule has 0 saturated heterocycles. The summed E-state index contributed by atoms with van der Waals surface area (Å²) in [4.78, 5) is 26.2. The predicted octanol–water partition coefficient (Wildman–Crippen LogP) is -0.526. The number of aromatic nitrogens is 4. The monoisotopic (exact) mass is 265 g/mol. The Morgan fingerprint density at radius 2 is 2.32 bits per heavy atom. The van der Waals surface area contributed by atoms with Gasteiger partial charge in [0, 0.05) is 26.1 Å². The second-order valence-electron chi connectivity index (χ2n) is 3.72. The van der Waals surface area contributed by atoms with E-state index in [-0.39, 0.29) is 11.5 Å². The number of amides is 1. The molecule has 2 rings (SSSR count). The van der Waals surface area contributed by atoms with E-state index in [2.05, 4.69) is 25.1 Å². The van der Waals surface area contributed by atoms with Crippen LogP contribution in [0.2, 0.25) is 0 Å². The maximum absolute atomic E-state index is 11.6. The highest BCUT2D eigenvalue weighted by Gasteiger charge is 2.16. The summed E-state index contributed by atoms with van der Waals surface area (Å²) in [6.45, 7) is 0.318. The molecule has 0 radical (unpaired) electrons. The fourth-order valence-corrected chi connectivity index (χ4v) is 1.36. The molecule has 0 bridgehead atoms. The lowest BCUT2D eigenvalue weighted by atomic mass is 10.3. The van der Waals surface area contributed by atoms with Crippen LogP contribution in [-0.2, 0) is 13.5 Å². The molecule has 0 atom stereocenters. The summed E-state index contributed by atoms with van der Waals surface area (Å²) < 4.78 is 6.04. The van der Waals surface area contributed by atoms with E-state index in [9.17, 15) is 9.59 Å². The van der Waals surface area contributed by atoms with E-state index in [1.54, 1.807) is 18.1 Å². The first-order chi connectivity index (χ1) is 9.06. The van der Waals surface area contributed by atoms with E-state index in [1.165, 1.54) is 0 Å². The predicted molar refractivity (Wildman–Crippen MR) is 60.5 cm³/mol. The van der Waals surface area contributed by atoms with Crippen LogP contribution in [0.1, 0.15) is 26.9 Å². The van der Waals surface area contributed by atoms with Crippen molar-refractivity contribution >= 4 is 11.9 Å². The highest BCUT2D eigenvalue weighted by Crippen LogP contribution is 2.03. The number of rotatable bonds is 5. The van der Waals surface area contributed by atoms with Crippen LogP contribution in [0.5, 0.6) is 0 Å². The summed E-state index contributed by atoms with van der Waals surface area (Å²) in [5, 5.41) is 18.6. The molecule has 0 spiro atoms. The number of carbonyl (C=O) groups is 2. The van der Waals surface area contributed by atoms with Crippen LogP contribution in [0.25, 0.3) is 0 Å². The van der Waals surface area contributed by atoms with Crippen LogP contribution in [0.4, 0.5) is 0 Å². The molecule has 2 aromatic rings. The molecule has 0 fully saturated rings. The summed E-state index contributed by atoms with van der Waals surface area (Å²) in [7, 11) is 1.75. The summed E-state index contributed by atoms with van der Waals surface area (Å²) in [5.74, 6) is -1.55. The van der Waals surface area contributed by atoms with Crippen molar-refractivity contribution in [1.29, 1.82) is 0 Å². The molecule has 19 heavy (non-hydrogen) atoms. The quantitative estimate of drug-likeness (QED) is 0.745. The minimum atomic E-state index is -1.27. The molecule has 2 aromatic heterocycles. The summed E-state index contributed by atoms with van der Waals surface area (Å²) >= 11 is 0. The van der Waals surface area contributed by atoms with Gasteiger partial charge < -0.3 is 14.9 Å². The molecule has 0 aliphatic heterocycles. The number of aryl methyl sites for hydroxylation is 1. The molecule has 0 saturated carbocycles. The van der Waals surface area contributed by atoms with Crippen LogP contribution in [0.15, 0.2) is 16.9 Å². The maximum atomic E-state index is 11.6. The average Bonchev–Trinajstić information content (AvgIpc) is 2.98. The zero-order chi connectivity index (χ0) is 13.8. The van der Waals surface area contributed by atoms with Gasteiger partial charge in [-0.3, -0.25) is 9.48 Å². The fourth-order valence-electron chi connectivity index (χ4n) is 1.36. The molecule has 9 nitrogen and oxygen atoms in total. The number of carboxylic acids is 1. The Morgan fingerprint density at radius 3 is 2.89 bits per heavy atom. The van der Waals surface area contributed by atoms with E-state index in [0.29, 0.717) is 18.8 Å². The van der Waals surface area contributed by atoms with Crippen molar-refractivity contribution < 1.29 is 19.2 Å². The van der Waals surface area contributed by atoms with Crippen LogP contribution < -0.4 is 5.32 Å². The summed E-state index contributed by atoms with van der Waals surface area (Å²) in [6.07, 6.45) is 2.03. The van der Waals surface area contributed by atoms with Crippen LogP contribution in [0, 0.1) is 0 Å². The van der Waals surface area contributed by atoms with Gasteiger partial charge in [-0.1, -0.05) is 5.16 Å². The normalized spacial score (nSPS) is 10.4. The number of carbonyl (C=O) groups excluding carboxylic acids is 1. The first-order valence-electron chi connectivity index (χ1n) is 5.39.